The average Bonchev–Trinajstić information content (AvgIpc) is 2.83. The Morgan fingerprint density at radius 2 is 1.95 bits per heavy atom. The molecule has 1 aromatic heterocycles. The van der Waals surface area contributed by atoms with Crippen LogP contribution in [-0.4, -0.2) is 34.8 Å². The van der Waals surface area contributed by atoms with Crippen LogP contribution in [0.2, 0.25) is 0 Å². The number of hydrogen-bond acceptors (Lipinski definition) is 4. The van der Waals surface area contributed by atoms with Gasteiger partial charge >= 0.3 is 5.97 Å². The zero-order chi connectivity index (χ0) is 15.8. The maximum Gasteiger partial charge on any atom is 0.305 e. The largest absolute Gasteiger partial charge is 0.481 e. The summed E-state index contributed by atoms with van der Waals surface area (Å²) in [7, 11) is -2.10. The van der Waals surface area contributed by atoms with Gasteiger partial charge in [0.1, 0.15) is 4.90 Å². The quantitative estimate of drug-likeness (QED) is 0.847. The molecule has 0 saturated heterocycles. The van der Waals surface area contributed by atoms with E-state index in [-0.39, 0.29) is 11.3 Å². The van der Waals surface area contributed by atoms with Gasteiger partial charge in [-0.15, -0.1) is 0 Å². The number of sulfonamides is 1. The third-order valence-corrected chi connectivity index (χ3v) is 5.94. The van der Waals surface area contributed by atoms with E-state index < -0.39 is 21.5 Å². The minimum Gasteiger partial charge on any atom is -0.481 e. The highest BCUT2D eigenvalue weighted by molar-refractivity contribution is 7.89. The zero-order valence-electron chi connectivity index (χ0n) is 12.5. The summed E-state index contributed by atoms with van der Waals surface area (Å²) in [4.78, 5) is 11.2. The second-order valence-electron chi connectivity index (χ2n) is 5.79. The number of carboxylic acids is 1. The van der Waals surface area contributed by atoms with Crippen molar-refractivity contribution in [2.45, 2.75) is 56.4 Å². The van der Waals surface area contributed by atoms with Crippen LogP contribution in [0, 0.1) is 13.8 Å². The highest BCUT2D eigenvalue weighted by atomic mass is 32.2. The summed E-state index contributed by atoms with van der Waals surface area (Å²) in [6.07, 6.45) is 2.58. The van der Waals surface area contributed by atoms with E-state index in [9.17, 15) is 13.2 Å². The molecule has 0 atom stereocenters. The second kappa shape index (κ2) is 5.42. The predicted molar refractivity (Wildman–Crippen MR) is 76.5 cm³/mol. The second-order valence-corrected chi connectivity index (χ2v) is 7.41. The van der Waals surface area contributed by atoms with Crippen molar-refractivity contribution in [1.82, 2.24) is 14.5 Å². The lowest BCUT2D eigenvalue weighted by molar-refractivity contribution is -0.138. The summed E-state index contributed by atoms with van der Waals surface area (Å²) in [5.74, 6) is -0.987. The smallest absolute Gasteiger partial charge is 0.305 e. The van der Waals surface area contributed by atoms with E-state index in [1.165, 1.54) is 4.68 Å². The standard InChI is InChI=1S/C13H21N3O4S/c1-9-12(10(2)16(3)14-9)21(19,20)15-13(8-11(17)18)6-4-5-7-13/h15H,4-8H2,1-3H3,(H,17,18). The first-order valence-corrected chi connectivity index (χ1v) is 8.41. The van der Waals surface area contributed by atoms with Crippen LogP contribution >= 0.6 is 0 Å². The summed E-state index contributed by atoms with van der Waals surface area (Å²) in [5, 5.41) is 13.2. The zero-order valence-corrected chi connectivity index (χ0v) is 13.3. The van der Waals surface area contributed by atoms with Crippen molar-refractivity contribution in [1.29, 1.82) is 0 Å². The molecular formula is C13H21N3O4S. The van der Waals surface area contributed by atoms with E-state index in [0.29, 0.717) is 24.2 Å². The van der Waals surface area contributed by atoms with Crippen LogP contribution in [0.4, 0.5) is 0 Å². The van der Waals surface area contributed by atoms with Crippen molar-refractivity contribution < 1.29 is 18.3 Å². The number of aryl methyl sites for hydroxylation is 2. The Kier molecular flexibility index (Phi) is 4.12. The maximum absolute atomic E-state index is 12.7. The molecule has 0 aliphatic heterocycles. The fourth-order valence-electron chi connectivity index (χ4n) is 3.14. The molecule has 1 aliphatic rings. The Hall–Kier alpha value is -1.41. The Balaban J connectivity index is 2.37. The van der Waals surface area contributed by atoms with Gasteiger partial charge in [-0.3, -0.25) is 9.48 Å². The van der Waals surface area contributed by atoms with E-state index in [4.69, 9.17) is 5.11 Å². The average molecular weight is 315 g/mol. The van der Waals surface area contributed by atoms with Gasteiger partial charge < -0.3 is 5.11 Å². The van der Waals surface area contributed by atoms with Crippen molar-refractivity contribution in [3.63, 3.8) is 0 Å². The molecule has 2 N–H and O–H groups in total. The van der Waals surface area contributed by atoms with Crippen LogP contribution in [0.1, 0.15) is 43.5 Å². The van der Waals surface area contributed by atoms with Crippen LogP contribution in [0.5, 0.6) is 0 Å². The topological polar surface area (TPSA) is 101 Å². The molecule has 0 spiro atoms. The first-order chi connectivity index (χ1) is 9.67. The SMILES string of the molecule is Cc1nn(C)c(C)c1S(=O)(=O)NC1(CC(=O)O)CCCC1. The molecule has 7 nitrogen and oxygen atoms in total. The Morgan fingerprint density at radius 1 is 1.38 bits per heavy atom. The molecule has 1 aromatic rings. The van der Waals surface area contributed by atoms with Gasteiger partial charge in [0.25, 0.3) is 0 Å². The number of rotatable bonds is 5. The monoisotopic (exact) mass is 315 g/mol. The molecule has 2 rings (SSSR count). The van der Waals surface area contributed by atoms with Crippen LogP contribution in [0.25, 0.3) is 0 Å². The highest BCUT2D eigenvalue weighted by Gasteiger charge is 2.41. The minimum absolute atomic E-state index is 0.154. The fourth-order valence-corrected chi connectivity index (χ4v) is 5.03. The normalized spacial score (nSPS) is 18.0. The third kappa shape index (κ3) is 3.11. The molecule has 21 heavy (non-hydrogen) atoms. The van der Waals surface area contributed by atoms with Crippen molar-refractivity contribution in [3.8, 4) is 0 Å². The van der Waals surface area contributed by atoms with E-state index >= 15 is 0 Å². The molecule has 1 saturated carbocycles. The van der Waals surface area contributed by atoms with Crippen molar-refractivity contribution in [2.24, 2.45) is 7.05 Å². The third-order valence-electron chi connectivity index (χ3n) is 4.11. The number of carbonyl (C=O) groups is 1. The Bertz CT molecular complexity index is 657. The maximum atomic E-state index is 12.7. The highest BCUT2D eigenvalue weighted by Crippen LogP contribution is 2.34. The summed E-state index contributed by atoms with van der Waals surface area (Å²) >= 11 is 0. The lowest BCUT2D eigenvalue weighted by Crippen LogP contribution is -2.47. The van der Waals surface area contributed by atoms with Gasteiger partial charge in [0.15, 0.2) is 0 Å². The Labute approximate surface area is 124 Å². The van der Waals surface area contributed by atoms with Crippen molar-refractivity contribution in [2.75, 3.05) is 0 Å². The molecule has 0 unspecified atom stereocenters. The van der Waals surface area contributed by atoms with Gasteiger partial charge in [-0.2, -0.15) is 5.10 Å². The Morgan fingerprint density at radius 3 is 2.38 bits per heavy atom. The molecule has 0 radical (unpaired) electrons. The van der Waals surface area contributed by atoms with Crippen LogP contribution in [-0.2, 0) is 21.9 Å². The number of nitrogens with one attached hydrogen (secondary N) is 1. The van der Waals surface area contributed by atoms with Crippen LogP contribution < -0.4 is 4.72 Å². The van der Waals surface area contributed by atoms with Gasteiger partial charge in [0, 0.05) is 12.6 Å². The number of nitrogens with zero attached hydrogens (tertiary/aromatic N) is 2. The van der Waals surface area contributed by atoms with E-state index in [1.807, 2.05) is 0 Å². The van der Waals surface area contributed by atoms with Gasteiger partial charge in [0.2, 0.25) is 10.0 Å². The van der Waals surface area contributed by atoms with E-state index in [2.05, 4.69) is 9.82 Å². The number of aliphatic carboxylic acids is 1. The molecule has 118 valence electrons. The molecule has 1 fully saturated rings. The molecular weight excluding hydrogens is 294 g/mol. The fraction of sp³-hybridized carbons (Fsp3) is 0.692. The first-order valence-electron chi connectivity index (χ1n) is 6.93. The van der Waals surface area contributed by atoms with Gasteiger partial charge in [0.05, 0.1) is 17.8 Å². The summed E-state index contributed by atoms with van der Waals surface area (Å²) in [5.41, 5.74) is 0.0915. The molecule has 1 aliphatic carbocycles. The lowest BCUT2D eigenvalue weighted by Gasteiger charge is -2.28. The van der Waals surface area contributed by atoms with Crippen LogP contribution in [0.15, 0.2) is 4.90 Å². The van der Waals surface area contributed by atoms with Gasteiger partial charge in [-0.25, -0.2) is 13.1 Å². The van der Waals surface area contributed by atoms with Gasteiger partial charge in [-0.1, -0.05) is 12.8 Å². The number of hydrogen-bond donors (Lipinski definition) is 2. The molecule has 0 bridgehead atoms. The van der Waals surface area contributed by atoms with E-state index in [0.717, 1.165) is 12.8 Å². The summed E-state index contributed by atoms with van der Waals surface area (Å²) in [6, 6.07) is 0. The van der Waals surface area contributed by atoms with Gasteiger partial charge in [-0.05, 0) is 26.7 Å². The molecule has 8 heteroatoms. The number of carboxylic acid groups (broad SMARTS) is 1. The molecule has 0 amide bonds. The predicted octanol–water partition coefficient (Wildman–Crippen LogP) is 1.10. The van der Waals surface area contributed by atoms with Crippen LogP contribution in [0.3, 0.4) is 0 Å². The van der Waals surface area contributed by atoms with E-state index in [1.54, 1.807) is 20.9 Å². The van der Waals surface area contributed by atoms with Crippen molar-refractivity contribution >= 4 is 16.0 Å². The summed E-state index contributed by atoms with van der Waals surface area (Å²) in [6.45, 7) is 3.33. The number of aromatic nitrogens is 2. The first kappa shape index (κ1) is 16.0. The minimum atomic E-state index is -3.78. The summed E-state index contributed by atoms with van der Waals surface area (Å²) < 4.78 is 29.5. The molecule has 0 aromatic carbocycles. The van der Waals surface area contributed by atoms with Crippen molar-refractivity contribution in [3.05, 3.63) is 11.4 Å². The lowest BCUT2D eigenvalue weighted by atomic mass is 9.95. The molecule has 1 heterocycles.